The van der Waals surface area contributed by atoms with E-state index in [1.807, 2.05) is 37.3 Å². The molecule has 0 radical (unpaired) electrons. The van der Waals surface area contributed by atoms with Crippen LogP contribution in [0.25, 0.3) is 0 Å². The van der Waals surface area contributed by atoms with E-state index in [-0.39, 0.29) is 0 Å². The van der Waals surface area contributed by atoms with Gasteiger partial charge in [-0.3, -0.25) is 0 Å². The molecule has 1 unspecified atom stereocenters. The Hall–Kier alpha value is -1.80. The van der Waals surface area contributed by atoms with Gasteiger partial charge in [0.15, 0.2) is 0 Å². The molecule has 0 fully saturated rings. The number of anilines is 1. The van der Waals surface area contributed by atoms with Crippen LogP contribution < -0.4 is 5.32 Å². The van der Waals surface area contributed by atoms with E-state index in [4.69, 9.17) is 0 Å². The van der Waals surface area contributed by atoms with Crippen molar-refractivity contribution in [3.05, 3.63) is 65.7 Å². The Bertz CT molecular complexity index is 529. The summed E-state index contributed by atoms with van der Waals surface area (Å²) in [7, 11) is 0. The van der Waals surface area contributed by atoms with Crippen LogP contribution in [0.15, 0.2) is 54.6 Å². The van der Waals surface area contributed by atoms with Gasteiger partial charge in [-0.05, 0) is 36.1 Å². The summed E-state index contributed by atoms with van der Waals surface area (Å²) in [6, 6.07) is 18.1. The number of rotatable bonds is 5. The SMILES string of the molecule is CC(C)c1ccc(NCC(C)(O)c2ccccc2)cc1. The summed E-state index contributed by atoms with van der Waals surface area (Å²) >= 11 is 0. The maximum absolute atomic E-state index is 10.5. The number of benzene rings is 2. The summed E-state index contributed by atoms with van der Waals surface area (Å²) in [5.41, 5.74) is 2.40. The van der Waals surface area contributed by atoms with Crippen molar-refractivity contribution in [3.63, 3.8) is 0 Å². The highest BCUT2D eigenvalue weighted by Gasteiger charge is 2.22. The summed E-state index contributed by atoms with van der Waals surface area (Å²) in [5.74, 6) is 0.538. The van der Waals surface area contributed by atoms with Crippen molar-refractivity contribution < 1.29 is 5.11 Å². The fourth-order valence-corrected chi connectivity index (χ4v) is 2.16. The third kappa shape index (κ3) is 3.61. The van der Waals surface area contributed by atoms with E-state index >= 15 is 0 Å². The van der Waals surface area contributed by atoms with Crippen LogP contribution in [0.2, 0.25) is 0 Å². The molecule has 2 aromatic rings. The molecule has 0 saturated heterocycles. The third-order valence-corrected chi connectivity index (χ3v) is 3.61. The van der Waals surface area contributed by atoms with Gasteiger partial charge in [0.2, 0.25) is 0 Å². The fraction of sp³-hybridized carbons (Fsp3) is 0.333. The Morgan fingerprint density at radius 2 is 1.60 bits per heavy atom. The zero-order valence-corrected chi connectivity index (χ0v) is 12.4. The van der Waals surface area contributed by atoms with Crippen molar-refractivity contribution in [2.45, 2.75) is 32.3 Å². The molecule has 2 heteroatoms. The Morgan fingerprint density at radius 1 is 1.00 bits per heavy atom. The van der Waals surface area contributed by atoms with E-state index in [9.17, 15) is 5.11 Å². The van der Waals surface area contributed by atoms with Gasteiger partial charge in [-0.1, -0.05) is 56.3 Å². The van der Waals surface area contributed by atoms with Crippen LogP contribution in [0.1, 0.15) is 37.8 Å². The molecule has 0 heterocycles. The molecule has 2 nitrogen and oxygen atoms in total. The average molecular weight is 269 g/mol. The lowest BCUT2D eigenvalue weighted by molar-refractivity contribution is 0.0715. The highest BCUT2D eigenvalue weighted by Crippen LogP contribution is 2.22. The molecule has 0 aliphatic rings. The molecule has 106 valence electrons. The van der Waals surface area contributed by atoms with Crippen molar-refractivity contribution in [2.24, 2.45) is 0 Å². The minimum Gasteiger partial charge on any atom is -0.384 e. The van der Waals surface area contributed by atoms with E-state index in [1.54, 1.807) is 0 Å². The summed E-state index contributed by atoms with van der Waals surface area (Å²) in [6.07, 6.45) is 0. The van der Waals surface area contributed by atoms with Gasteiger partial charge in [0, 0.05) is 12.2 Å². The molecule has 1 atom stereocenters. The van der Waals surface area contributed by atoms with Crippen molar-refractivity contribution in [1.29, 1.82) is 0 Å². The lowest BCUT2D eigenvalue weighted by Gasteiger charge is -2.25. The lowest BCUT2D eigenvalue weighted by Crippen LogP contribution is -2.30. The Labute approximate surface area is 121 Å². The van der Waals surface area contributed by atoms with Crippen LogP contribution in [0.3, 0.4) is 0 Å². The zero-order chi connectivity index (χ0) is 14.6. The minimum atomic E-state index is -0.877. The van der Waals surface area contributed by atoms with Gasteiger partial charge < -0.3 is 10.4 Å². The number of nitrogens with one attached hydrogen (secondary N) is 1. The molecule has 0 spiro atoms. The van der Waals surface area contributed by atoms with Gasteiger partial charge >= 0.3 is 0 Å². The maximum Gasteiger partial charge on any atom is 0.104 e. The van der Waals surface area contributed by atoms with Crippen LogP contribution in [0, 0.1) is 0 Å². The van der Waals surface area contributed by atoms with Gasteiger partial charge in [0.1, 0.15) is 5.60 Å². The number of hydrogen-bond donors (Lipinski definition) is 2. The second-order valence-electron chi connectivity index (χ2n) is 5.77. The first kappa shape index (κ1) is 14.6. The molecular weight excluding hydrogens is 246 g/mol. The molecule has 0 aliphatic carbocycles. The predicted octanol–water partition coefficient (Wildman–Crippen LogP) is 4.13. The van der Waals surface area contributed by atoms with Gasteiger partial charge in [-0.15, -0.1) is 0 Å². The summed E-state index contributed by atoms with van der Waals surface area (Å²) < 4.78 is 0. The second-order valence-corrected chi connectivity index (χ2v) is 5.77. The quantitative estimate of drug-likeness (QED) is 0.855. The van der Waals surface area contributed by atoms with Crippen LogP contribution in [0.5, 0.6) is 0 Å². The molecule has 2 N–H and O–H groups in total. The van der Waals surface area contributed by atoms with Crippen molar-refractivity contribution >= 4 is 5.69 Å². The van der Waals surface area contributed by atoms with E-state index in [1.165, 1.54) is 5.56 Å². The number of hydrogen-bond acceptors (Lipinski definition) is 2. The van der Waals surface area contributed by atoms with Crippen LogP contribution in [0.4, 0.5) is 5.69 Å². The smallest absolute Gasteiger partial charge is 0.104 e. The van der Waals surface area contributed by atoms with Crippen LogP contribution in [-0.2, 0) is 5.60 Å². The second kappa shape index (κ2) is 6.10. The first-order valence-electron chi connectivity index (χ1n) is 7.11. The summed E-state index contributed by atoms with van der Waals surface area (Å²) in [6.45, 7) is 6.68. The minimum absolute atomic E-state index is 0.484. The summed E-state index contributed by atoms with van der Waals surface area (Å²) in [4.78, 5) is 0. The van der Waals surface area contributed by atoms with Gasteiger partial charge in [-0.25, -0.2) is 0 Å². The monoisotopic (exact) mass is 269 g/mol. The molecule has 0 aliphatic heterocycles. The van der Waals surface area contributed by atoms with Crippen molar-refractivity contribution in [3.8, 4) is 0 Å². The highest BCUT2D eigenvalue weighted by molar-refractivity contribution is 5.45. The molecule has 0 saturated carbocycles. The van der Waals surface area contributed by atoms with E-state index < -0.39 is 5.60 Å². The largest absolute Gasteiger partial charge is 0.384 e. The van der Waals surface area contributed by atoms with E-state index in [0.717, 1.165) is 11.3 Å². The molecule has 2 aromatic carbocycles. The number of aliphatic hydroxyl groups is 1. The first-order valence-corrected chi connectivity index (χ1v) is 7.11. The Morgan fingerprint density at radius 3 is 2.15 bits per heavy atom. The molecule has 0 bridgehead atoms. The third-order valence-electron chi connectivity index (χ3n) is 3.61. The lowest BCUT2D eigenvalue weighted by atomic mass is 9.96. The molecular formula is C18H23NO. The molecule has 20 heavy (non-hydrogen) atoms. The van der Waals surface area contributed by atoms with Crippen molar-refractivity contribution in [1.82, 2.24) is 0 Å². The van der Waals surface area contributed by atoms with Gasteiger partial charge in [-0.2, -0.15) is 0 Å². The van der Waals surface area contributed by atoms with Crippen molar-refractivity contribution in [2.75, 3.05) is 11.9 Å². The average Bonchev–Trinajstić information content (AvgIpc) is 2.46. The zero-order valence-electron chi connectivity index (χ0n) is 12.4. The normalized spacial score (nSPS) is 14.1. The maximum atomic E-state index is 10.5. The molecule has 0 aromatic heterocycles. The summed E-state index contributed by atoms with van der Waals surface area (Å²) in [5, 5.41) is 13.8. The van der Waals surface area contributed by atoms with E-state index in [0.29, 0.717) is 12.5 Å². The Balaban J connectivity index is 2.01. The van der Waals surface area contributed by atoms with Gasteiger partial charge in [0.05, 0.1) is 0 Å². The Kier molecular flexibility index (Phi) is 4.46. The van der Waals surface area contributed by atoms with E-state index in [2.05, 4.69) is 43.4 Å². The fourth-order valence-electron chi connectivity index (χ4n) is 2.16. The highest BCUT2D eigenvalue weighted by atomic mass is 16.3. The van der Waals surface area contributed by atoms with Crippen LogP contribution in [-0.4, -0.2) is 11.7 Å². The molecule has 2 rings (SSSR count). The molecule has 0 amide bonds. The standard InChI is InChI=1S/C18H23NO/c1-14(2)15-9-11-17(12-10-15)19-13-18(3,20)16-7-5-4-6-8-16/h4-12,14,19-20H,13H2,1-3H3. The topological polar surface area (TPSA) is 32.3 Å². The van der Waals surface area contributed by atoms with Crippen LogP contribution >= 0.6 is 0 Å². The van der Waals surface area contributed by atoms with Gasteiger partial charge in [0.25, 0.3) is 0 Å². The first-order chi connectivity index (χ1) is 9.49. The predicted molar refractivity (Wildman–Crippen MR) is 85.0 cm³/mol.